The molecule has 0 aliphatic carbocycles. The molecule has 8 heteroatoms. The number of hydrogen-bond acceptors (Lipinski definition) is 5. The summed E-state index contributed by atoms with van der Waals surface area (Å²) < 4.78 is 14.9. The van der Waals surface area contributed by atoms with Gasteiger partial charge in [-0.1, -0.05) is 6.07 Å². The van der Waals surface area contributed by atoms with E-state index in [4.69, 9.17) is 0 Å². The number of carbonyl (C=O) groups is 1. The highest BCUT2D eigenvalue weighted by atomic mass is 32.1. The molecule has 4 heterocycles. The van der Waals surface area contributed by atoms with E-state index in [2.05, 4.69) is 20.7 Å². The number of halogens is 1. The van der Waals surface area contributed by atoms with Crippen LogP contribution in [0.4, 0.5) is 4.39 Å². The number of fused-ring (bicyclic) bond motifs is 2. The summed E-state index contributed by atoms with van der Waals surface area (Å²) in [6, 6.07) is 11.0. The highest BCUT2D eigenvalue weighted by Gasteiger charge is 2.34. The van der Waals surface area contributed by atoms with Gasteiger partial charge in [0.2, 0.25) is 5.82 Å². The Balaban J connectivity index is 1.44. The van der Waals surface area contributed by atoms with Crippen LogP contribution in [0.15, 0.2) is 41.8 Å². The SMILES string of the molecule is O=C(NC1CC2CCC(C1)N2)c1nc(-c2cccs2)n(-c2ccc(F)cc2)n1. The van der Waals surface area contributed by atoms with Gasteiger partial charge in [0.15, 0.2) is 5.82 Å². The molecule has 0 saturated carbocycles. The number of rotatable bonds is 4. The molecule has 2 aliphatic rings. The maximum absolute atomic E-state index is 13.3. The Bertz CT molecular complexity index is 973. The summed E-state index contributed by atoms with van der Waals surface area (Å²) in [6.45, 7) is 0. The summed E-state index contributed by atoms with van der Waals surface area (Å²) in [6.07, 6.45) is 4.24. The molecule has 0 radical (unpaired) electrons. The van der Waals surface area contributed by atoms with Crippen molar-refractivity contribution in [1.29, 1.82) is 0 Å². The van der Waals surface area contributed by atoms with Crippen molar-refractivity contribution in [3.8, 4) is 16.4 Å². The predicted octanol–water partition coefficient (Wildman–Crippen LogP) is 3.15. The molecular weight excluding hydrogens is 377 g/mol. The lowest BCUT2D eigenvalue weighted by Crippen LogP contribution is -2.48. The van der Waals surface area contributed by atoms with Crippen LogP contribution in [0.1, 0.15) is 36.3 Å². The molecule has 1 amide bonds. The summed E-state index contributed by atoms with van der Waals surface area (Å²) >= 11 is 1.52. The van der Waals surface area contributed by atoms with Crippen LogP contribution in [-0.2, 0) is 0 Å². The third-order valence-electron chi connectivity index (χ3n) is 5.43. The lowest BCUT2D eigenvalue weighted by atomic mass is 10.00. The monoisotopic (exact) mass is 397 g/mol. The van der Waals surface area contributed by atoms with Crippen LogP contribution < -0.4 is 10.6 Å². The number of nitrogens with zero attached hydrogens (tertiary/aromatic N) is 3. The quantitative estimate of drug-likeness (QED) is 0.710. The molecule has 6 nitrogen and oxygen atoms in total. The Labute approximate surface area is 165 Å². The Kier molecular flexibility index (Phi) is 4.44. The van der Waals surface area contributed by atoms with Crippen molar-refractivity contribution in [3.63, 3.8) is 0 Å². The summed E-state index contributed by atoms with van der Waals surface area (Å²) in [5, 5.41) is 13.1. The fraction of sp³-hybridized carbons (Fsp3) is 0.350. The van der Waals surface area contributed by atoms with Crippen LogP contribution >= 0.6 is 11.3 Å². The largest absolute Gasteiger partial charge is 0.346 e. The molecule has 2 atom stereocenters. The van der Waals surface area contributed by atoms with Crippen molar-refractivity contribution in [1.82, 2.24) is 25.4 Å². The number of aromatic nitrogens is 3. The second-order valence-corrected chi connectivity index (χ2v) is 8.35. The number of hydrogen-bond donors (Lipinski definition) is 2. The van der Waals surface area contributed by atoms with Gasteiger partial charge >= 0.3 is 0 Å². The Morgan fingerprint density at radius 3 is 2.61 bits per heavy atom. The third kappa shape index (κ3) is 3.33. The van der Waals surface area contributed by atoms with E-state index in [0.717, 1.165) is 17.7 Å². The molecule has 3 aromatic rings. The summed E-state index contributed by atoms with van der Waals surface area (Å²) in [5.74, 6) is 0.140. The molecule has 2 fully saturated rings. The second kappa shape index (κ2) is 7.10. The van der Waals surface area contributed by atoms with Gasteiger partial charge in [-0.15, -0.1) is 16.4 Å². The number of benzene rings is 1. The molecule has 2 saturated heterocycles. The van der Waals surface area contributed by atoms with Gasteiger partial charge < -0.3 is 10.6 Å². The van der Waals surface area contributed by atoms with E-state index in [9.17, 15) is 9.18 Å². The molecule has 2 N–H and O–H groups in total. The average molecular weight is 397 g/mol. The summed E-state index contributed by atoms with van der Waals surface area (Å²) in [4.78, 5) is 18.3. The molecule has 2 bridgehead atoms. The number of thiophene rings is 1. The first-order chi connectivity index (χ1) is 13.7. The first-order valence-electron chi connectivity index (χ1n) is 9.49. The van der Waals surface area contributed by atoms with Crippen LogP contribution in [0.25, 0.3) is 16.4 Å². The summed E-state index contributed by atoms with van der Waals surface area (Å²) in [7, 11) is 0. The minimum absolute atomic E-state index is 0.138. The second-order valence-electron chi connectivity index (χ2n) is 7.40. The Morgan fingerprint density at radius 1 is 1.18 bits per heavy atom. The number of amides is 1. The molecule has 2 aliphatic heterocycles. The smallest absolute Gasteiger partial charge is 0.291 e. The minimum atomic E-state index is -0.319. The van der Waals surface area contributed by atoms with E-state index in [-0.39, 0.29) is 23.6 Å². The van der Waals surface area contributed by atoms with E-state index in [1.54, 1.807) is 16.8 Å². The zero-order chi connectivity index (χ0) is 19.1. The fourth-order valence-corrected chi connectivity index (χ4v) is 4.86. The van der Waals surface area contributed by atoms with Gasteiger partial charge in [0.25, 0.3) is 5.91 Å². The zero-order valence-corrected chi connectivity index (χ0v) is 16.0. The van der Waals surface area contributed by atoms with Crippen LogP contribution in [0.2, 0.25) is 0 Å². The van der Waals surface area contributed by atoms with Gasteiger partial charge in [-0.25, -0.2) is 14.1 Å². The minimum Gasteiger partial charge on any atom is -0.346 e. The van der Waals surface area contributed by atoms with E-state index in [0.29, 0.717) is 23.6 Å². The third-order valence-corrected chi connectivity index (χ3v) is 6.30. The molecule has 1 aromatic carbocycles. The standard InChI is InChI=1S/C20H20FN5OS/c21-12-3-7-16(8-4-12)26-19(17-2-1-9-28-17)24-18(25-26)20(27)23-15-10-13-5-6-14(11-15)22-13/h1-4,7-9,13-15,22H,5-6,10-11H2,(H,23,27). The molecule has 2 aromatic heterocycles. The van der Waals surface area contributed by atoms with Gasteiger partial charge in [0.1, 0.15) is 5.82 Å². The predicted molar refractivity (Wildman–Crippen MR) is 105 cm³/mol. The van der Waals surface area contributed by atoms with Gasteiger partial charge in [-0.2, -0.15) is 0 Å². The maximum atomic E-state index is 13.3. The van der Waals surface area contributed by atoms with Crippen LogP contribution in [0, 0.1) is 5.82 Å². The van der Waals surface area contributed by atoms with E-state index >= 15 is 0 Å². The molecule has 2 unspecified atom stereocenters. The molecule has 0 spiro atoms. The fourth-order valence-electron chi connectivity index (χ4n) is 4.16. The lowest BCUT2D eigenvalue weighted by Gasteiger charge is -2.29. The highest BCUT2D eigenvalue weighted by molar-refractivity contribution is 7.13. The van der Waals surface area contributed by atoms with Crippen molar-refractivity contribution < 1.29 is 9.18 Å². The molecular formula is C20H20FN5OS. The van der Waals surface area contributed by atoms with Gasteiger partial charge in [-0.3, -0.25) is 4.79 Å². The van der Waals surface area contributed by atoms with E-state index in [1.165, 1.54) is 36.3 Å². The van der Waals surface area contributed by atoms with Crippen LogP contribution in [0.5, 0.6) is 0 Å². The van der Waals surface area contributed by atoms with Crippen LogP contribution in [-0.4, -0.2) is 38.8 Å². The van der Waals surface area contributed by atoms with E-state index < -0.39 is 0 Å². The average Bonchev–Trinajstić information content (AvgIpc) is 3.42. The van der Waals surface area contributed by atoms with Crippen molar-refractivity contribution >= 4 is 17.2 Å². The highest BCUT2D eigenvalue weighted by Crippen LogP contribution is 2.28. The van der Waals surface area contributed by atoms with Gasteiger partial charge in [0, 0.05) is 18.1 Å². The molecule has 28 heavy (non-hydrogen) atoms. The summed E-state index contributed by atoms with van der Waals surface area (Å²) in [5.41, 5.74) is 0.663. The molecule has 5 rings (SSSR count). The van der Waals surface area contributed by atoms with E-state index in [1.807, 2.05) is 17.5 Å². The normalized spacial score (nSPS) is 23.7. The number of piperidine rings is 1. The Hall–Kier alpha value is -2.58. The number of nitrogens with one attached hydrogen (secondary N) is 2. The van der Waals surface area contributed by atoms with Crippen molar-refractivity contribution in [3.05, 3.63) is 53.4 Å². The lowest BCUT2D eigenvalue weighted by molar-refractivity contribution is 0.0913. The van der Waals surface area contributed by atoms with Crippen molar-refractivity contribution in [2.45, 2.75) is 43.8 Å². The van der Waals surface area contributed by atoms with Crippen LogP contribution in [0.3, 0.4) is 0 Å². The molecule has 144 valence electrons. The van der Waals surface area contributed by atoms with Gasteiger partial charge in [-0.05, 0) is 61.4 Å². The topological polar surface area (TPSA) is 71.8 Å². The van der Waals surface area contributed by atoms with Crippen molar-refractivity contribution in [2.75, 3.05) is 0 Å². The number of carbonyl (C=O) groups excluding carboxylic acids is 1. The van der Waals surface area contributed by atoms with Crippen molar-refractivity contribution in [2.24, 2.45) is 0 Å². The maximum Gasteiger partial charge on any atom is 0.291 e. The Morgan fingerprint density at radius 2 is 1.93 bits per heavy atom. The first-order valence-corrected chi connectivity index (χ1v) is 10.4. The van der Waals surface area contributed by atoms with Gasteiger partial charge in [0.05, 0.1) is 10.6 Å². The zero-order valence-electron chi connectivity index (χ0n) is 15.1. The first kappa shape index (κ1) is 17.5.